The van der Waals surface area contributed by atoms with Gasteiger partial charge in [0.2, 0.25) is 0 Å². The lowest BCUT2D eigenvalue weighted by Crippen LogP contribution is -2.20. The highest BCUT2D eigenvalue weighted by Crippen LogP contribution is 2.29. The van der Waals surface area contributed by atoms with Crippen LogP contribution in [0.25, 0.3) is 0 Å². The van der Waals surface area contributed by atoms with E-state index in [1.165, 1.54) is 0 Å². The van der Waals surface area contributed by atoms with Crippen LogP contribution in [-0.4, -0.2) is 18.8 Å². The summed E-state index contributed by atoms with van der Waals surface area (Å²) in [6, 6.07) is 5.52. The van der Waals surface area contributed by atoms with E-state index >= 15 is 0 Å². The number of rotatable bonds is 3. The minimum atomic E-state index is -0.0759. The first kappa shape index (κ1) is 11.0. The van der Waals surface area contributed by atoms with Gasteiger partial charge in [0.25, 0.3) is 0 Å². The van der Waals surface area contributed by atoms with Crippen molar-refractivity contribution in [3.05, 3.63) is 33.3 Å². The van der Waals surface area contributed by atoms with Crippen LogP contribution in [0, 0.1) is 0 Å². The summed E-state index contributed by atoms with van der Waals surface area (Å²) in [4.78, 5) is 0. The molecule has 0 aliphatic carbocycles. The molecule has 0 aliphatic rings. The number of aliphatic hydroxyl groups is 1. The van der Waals surface area contributed by atoms with Gasteiger partial charge in [-0.15, -0.1) is 0 Å². The predicted octanol–water partition coefficient (Wildman–Crippen LogP) is 2.36. The van der Waals surface area contributed by atoms with Crippen molar-refractivity contribution in [2.24, 2.45) is 0 Å². The van der Waals surface area contributed by atoms with E-state index < -0.39 is 0 Å². The zero-order valence-corrected chi connectivity index (χ0v) is 9.56. The van der Waals surface area contributed by atoms with Crippen molar-refractivity contribution in [1.82, 2.24) is 5.32 Å². The van der Waals surface area contributed by atoms with Gasteiger partial charge >= 0.3 is 0 Å². The molecule has 0 aromatic heterocycles. The second-order valence-corrected chi connectivity index (χ2v) is 3.87. The summed E-state index contributed by atoms with van der Waals surface area (Å²) in [7, 11) is 1.80. The van der Waals surface area contributed by atoms with E-state index in [1.807, 2.05) is 12.1 Å². The van der Waals surface area contributed by atoms with Crippen LogP contribution < -0.4 is 5.32 Å². The van der Waals surface area contributed by atoms with Gasteiger partial charge in [-0.2, -0.15) is 0 Å². The number of benzene rings is 1. The average molecular weight is 265 g/mol. The molecular formula is C9H11BrClNO. The van der Waals surface area contributed by atoms with E-state index in [2.05, 4.69) is 21.2 Å². The van der Waals surface area contributed by atoms with Gasteiger partial charge in [-0.25, -0.2) is 0 Å². The summed E-state index contributed by atoms with van der Waals surface area (Å²) in [5, 5.41) is 12.7. The first-order chi connectivity index (χ1) is 6.20. The first-order valence-electron chi connectivity index (χ1n) is 3.92. The van der Waals surface area contributed by atoms with Crippen molar-refractivity contribution < 1.29 is 5.11 Å². The number of hydrogen-bond acceptors (Lipinski definition) is 2. The van der Waals surface area contributed by atoms with E-state index in [4.69, 9.17) is 16.7 Å². The van der Waals surface area contributed by atoms with Crippen LogP contribution in [0.4, 0.5) is 0 Å². The Kier molecular flexibility index (Phi) is 4.19. The number of halogens is 2. The average Bonchev–Trinajstić information content (AvgIpc) is 2.14. The molecule has 1 aromatic carbocycles. The fraction of sp³-hybridized carbons (Fsp3) is 0.333. The third kappa shape index (κ3) is 2.44. The highest BCUT2D eigenvalue weighted by molar-refractivity contribution is 9.10. The van der Waals surface area contributed by atoms with Crippen molar-refractivity contribution in [3.8, 4) is 0 Å². The highest BCUT2D eigenvalue weighted by Gasteiger charge is 2.12. The number of aliphatic hydroxyl groups excluding tert-OH is 1. The number of hydrogen-bond donors (Lipinski definition) is 2. The summed E-state index contributed by atoms with van der Waals surface area (Å²) in [5.74, 6) is 0. The molecule has 1 atom stereocenters. The van der Waals surface area contributed by atoms with Gasteiger partial charge in [-0.05, 0) is 34.6 Å². The van der Waals surface area contributed by atoms with Gasteiger partial charge in [0.15, 0.2) is 0 Å². The van der Waals surface area contributed by atoms with Gasteiger partial charge in [-0.3, -0.25) is 0 Å². The Bertz CT molecular complexity index is 289. The van der Waals surface area contributed by atoms with Gasteiger partial charge in [-0.1, -0.05) is 23.7 Å². The zero-order valence-electron chi connectivity index (χ0n) is 7.22. The van der Waals surface area contributed by atoms with E-state index in [9.17, 15) is 0 Å². The Morgan fingerprint density at radius 2 is 2.31 bits per heavy atom. The van der Waals surface area contributed by atoms with Crippen molar-refractivity contribution in [2.45, 2.75) is 6.04 Å². The topological polar surface area (TPSA) is 32.3 Å². The molecule has 72 valence electrons. The van der Waals surface area contributed by atoms with Crippen LogP contribution in [0.3, 0.4) is 0 Å². The van der Waals surface area contributed by atoms with E-state index in [0.717, 1.165) is 10.0 Å². The van der Waals surface area contributed by atoms with E-state index in [1.54, 1.807) is 13.1 Å². The first-order valence-corrected chi connectivity index (χ1v) is 5.09. The molecule has 0 spiro atoms. The maximum absolute atomic E-state index is 9.07. The maximum Gasteiger partial charge on any atom is 0.0626 e. The van der Waals surface area contributed by atoms with Crippen molar-refractivity contribution in [1.29, 1.82) is 0 Å². The zero-order chi connectivity index (χ0) is 9.84. The van der Waals surface area contributed by atoms with Gasteiger partial charge < -0.3 is 10.4 Å². The van der Waals surface area contributed by atoms with Gasteiger partial charge in [0.05, 0.1) is 17.7 Å². The van der Waals surface area contributed by atoms with Crippen LogP contribution in [0.1, 0.15) is 11.6 Å². The Morgan fingerprint density at radius 3 is 2.85 bits per heavy atom. The third-order valence-corrected chi connectivity index (χ3v) is 3.32. The Labute approximate surface area is 91.0 Å². The minimum Gasteiger partial charge on any atom is -0.394 e. The normalized spacial score (nSPS) is 12.9. The largest absolute Gasteiger partial charge is 0.394 e. The standard InChI is InChI=1S/C9H11BrClNO/c1-12-8(5-13)6-3-2-4-7(11)9(6)10/h2-4,8,12-13H,5H2,1H3/t8-/m1/s1. The molecule has 0 unspecified atom stereocenters. The van der Waals surface area contributed by atoms with Crippen LogP contribution in [0.2, 0.25) is 5.02 Å². The lowest BCUT2D eigenvalue weighted by molar-refractivity contribution is 0.250. The summed E-state index contributed by atoms with van der Waals surface area (Å²) in [6.07, 6.45) is 0. The third-order valence-electron chi connectivity index (χ3n) is 1.89. The van der Waals surface area contributed by atoms with Crippen LogP contribution in [0.15, 0.2) is 22.7 Å². The molecule has 0 amide bonds. The molecule has 13 heavy (non-hydrogen) atoms. The Morgan fingerprint density at radius 1 is 1.62 bits per heavy atom. The summed E-state index contributed by atoms with van der Waals surface area (Å²) in [6.45, 7) is 0.0510. The molecule has 1 aromatic rings. The fourth-order valence-corrected chi connectivity index (χ4v) is 1.86. The lowest BCUT2D eigenvalue weighted by Gasteiger charge is -2.15. The minimum absolute atomic E-state index is 0.0510. The molecule has 4 heteroatoms. The van der Waals surface area contributed by atoms with Crippen LogP contribution in [-0.2, 0) is 0 Å². The quantitative estimate of drug-likeness (QED) is 0.878. The fourth-order valence-electron chi connectivity index (χ4n) is 1.13. The lowest BCUT2D eigenvalue weighted by atomic mass is 10.1. The van der Waals surface area contributed by atoms with Crippen molar-refractivity contribution in [2.75, 3.05) is 13.7 Å². The molecule has 0 aliphatic heterocycles. The Hall–Kier alpha value is -0.0900. The monoisotopic (exact) mass is 263 g/mol. The molecule has 1 rings (SSSR count). The van der Waals surface area contributed by atoms with E-state index in [0.29, 0.717) is 5.02 Å². The second-order valence-electron chi connectivity index (χ2n) is 2.67. The van der Waals surface area contributed by atoms with Crippen LogP contribution >= 0.6 is 27.5 Å². The van der Waals surface area contributed by atoms with Crippen molar-refractivity contribution >= 4 is 27.5 Å². The maximum atomic E-state index is 9.07. The summed E-state index contributed by atoms with van der Waals surface area (Å²) >= 11 is 9.29. The number of nitrogens with one attached hydrogen (secondary N) is 1. The Balaban J connectivity index is 3.05. The summed E-state index contributed by atoms with van der Waals surface area (Å²) < 4.78 is 0.838. The molecule has 2 N–H and O–H groups in total. The van der Waals surface area contributed by atoms with Crippen LogP contribution in [0.5, 0.6) is 0 Å². The molecular weight excluding hydrogens is 253 g/mol. The van der Waals surface area contributed by atoms with Gasteiger partial charge in [0.1, 0.15) is 0 Å². The molecule has 2 nitrogen and oxygen atoms in total. The van der Waals surface area contributed by atoms with E-state index in [-0.39, 0.29) is 12.6 Å². The predicted molar refractivity (Wildman–Crippen MR) is 58.0 cm³/mol. The second kappa shape index (κ2) is 4.96. The van der Waals surface area contributed by atoms with Gasteiger partial charge in [0, 0.05) is 4.47 Å². The number of likely N-dealkylation sites (N-methyl/N-ethyl adjacent to an activating group) is 1. The molecule has 0 saturated carbocycles. The molecule has 0 fully saturated rings. The van der Waals surface area contributed by atoms with Crippen molar-refractivity contribution in [3.63, 3.8) is 0 Å². The molecule has 0 saturated heterocycles. The molecule has 0 bridgehead atoms. The highest BCUT2D eigenvalue weighted by atomic mass is 79.9. The summed E-state index contributed by atoms with van der Waals surface area (Å²) in [5.41, 5.74) is 0.970. The molecule has 0 heterocycles. The smallest absolute Gasteiger partial charge is 0.0626 e. The molecule has 0 radical (unpaired) electrons. The SMILES string of the molecule is CN[C@H](CO)c1cccc(Cl)c1Br.